The van der Waals surface area contributed by atoms with Crippen molar-refractivity contribution in [2.24, 2.45) is 10.8 Å². The van der Waals surface area contributed by atoms with Gasteiger partial charge in [-0.2, -0.15) is 0 Å². The monoisotopic (exact) mass is 258 g/mol. The number of rotatable bonds is 7. The molecule has 1 rings (SSSR count). The molecule has 0 amide bonds. The van der Waals surface area contributed by atoms with E-state index in [-0.39, 0.29) is 0 Å². The molecule has 2 unspecified atom stereocenters. The van der Waals surface area contributed by atoms with Crippen molar-refractivity contribution in [2.75, 3.05) is 26.9 Å². The van der Waals surface area contributed by atoms with E-state index in [1.165, 1.54) is 0 Å². The van der Waals surface area contributed by atoms with Gasteiger partial charge in [-0.1, -0.05) is 0 Å². The molecule has 1 saturated carbocycles. The number of nitrogens with zero attached hydrogens (tertiary/aromatic N) is 1. The molecule has 0 aromatic carbocycles. The van der Waals surface area contributed by atoms with Gasteiger partial charge in [0.1, 0.15) is 0 Å². The smallest absolute Gasteiger partial charge is 0.205 e. The summed E-state index contributed by atoms with van der Waals surface area (Å²) >= 11 is 0. The zero-order valence-electron chi connectivity index (χ0n) is 11.4. The van der Waals surface area contributed by atoms with Crippen LogP contribution in [0.5, 0.6) is 0 Å². The number of hydrazine groups is 1. The van der Waals surface area contributed by atoms with Gasteiger partial charge >= 0.3 is 0 Å². The molecule has 1 aliphatic rings. The normalized spacial score (nSPS) is 24.3. The molecule has 0 spiro atoms. The summed E-state index contributed by atoms with van der Waals surface area (Å²) in [4.78, 5) is 4.38. The van der Waals surface area contributed by atoms with Crippen LogP contribution in [0.25, 0.3) is 0 Å². The van der Waals surface area contributed by atoms with Crippen LogP contribution in [0.3, 0.4) is 0 Å². The summed E-state index contributed by atoms with van der Waals surface area (Å²) in [6.45, 7) is 4.20. The van der Waals surface area contributed by atoms with Crippen LogP contribution in [-0.2, 0) is 9.47 Å². The van der Waals surface area contributed by atoms with E-state index in [0.717, 1.165) is 38.9 Å². The van der Waals surface area contributed by atoms with Gasteiger partial charge in [0.25, 0.3) is 0 Å². The Kier molecular flexibility index (Phi) is 7.71. The van der Waals surface area contributed by atoms with Crippen LogP contribution in [0.2, 0.25) is 0 Å². The average Bonchev–Trinajstić information content (AvgIpc) is 2.84. The molecule has 2 atom stereocenters. The fourth-order valence-electron chi connectivity index (χ4n) is 2.11. The Hall–Kier alpha value is -0.850. The van der Waals surface area contributed by atoms with E-state index in [1.807, 2.05) is 6.92 Å². The summed E-state index contributed by atoms with van der Waals surface area (Å²) in [6.07, 6.45) is 4.47. The van der Waals surface area contributed by atoms with Crippen molar-refractivity contribution in [3.8, 4) is 0 Å². The third-order valence-electron chi connectivity index (χ3n) is 3.12. The molecule has 106 valence electrons. The first-order chi connectivity index (χ1) is 8.80. The standard InChI is InChI=1S/C12H26N4O2/c1-3-18-8-4-7-14-12(16-13)15-10-5-6-11(9-10)17-2/h10-11H,3-9,13H2,1-2H3,(H2,14,15,16). The van der Waals surface area contributed by atoms with E-state index >= 15 is 0 Å². The molecule has 0 saturated heterocycles. The number of methoxy groups -OCH3 is 1. The molecular weight excluding hydrogens is 232 g/mol. The summed E-state index contributed by atoms with van der Waals surface area (Å²) in [5, 5.41) is 3.31. The van der Waals surface area contributed by atoms with Crippen molar-refractivity contribution < 1.29 is 9.47 Å². The molecule has 0 radical (unpaired) electrons. The van der Waals surface area contributed by atoms with Crippen molar-refractivity contribution in [1.82, 2.24) is 10.7 Å². The van der Waals surface area contributed by atoms with Crippen molar-refractivity contribution >= 4 is 5.96 Å². The molecule has 1 fully saturated rings. The van der Waals surface area contributed by atoms with E-state index < -0.39 is 0 Å². The molecule has 0 aliphatic heterocycles. The summed E-state index contributed by atoms with van der Waals surface area (Å²) in [7, 11) is 1.76. The lowest BCUT2D eigenvalue weighted by molar-refractivity contribution is 0.107. The largest absolute Gasteiger partial charge is 0.382 e. The molecule has 18 heavy (non-hydrogen) atoms. The number of hydrogen-bond donors (Lipinski definition) is 3. The highest BCUT2D eigenvalue weighted by atomic mass is 16.5. The van der Waals surface area contributed by atoms with Crippen molar-refractivity contribution in [3.05, 3.63) is 0 Å². The average molecular weight is 258 g/mol. The molecule has 0 aromatic heterocycles. The molecule has 0 aromatic rings. The van der Waals surface area contributed by atoms with Gasteiger partial charge in [-0.05, 0) is 32.6 Å². The zero-order valence-corrected chi connectivity index (χ0v) is 11.4. The third kappa shape index (κ3) is 5.66. The van der Waals surface area contributed by atoms with Crippen molar-refractivity contribution in [2.45, 2.75) is 44.8 Å². The van der Waals surface area contributed by atoms with Crippen LogP contribution < -0.4 is 16.6 Å². The number of guanidine groups is 1. The Bertz CT molecular complexity index is 248. The SMILES string of the molecule is CCOCCCN=C(NN)NC1CCC(OC)C1. The maximum absolute atomic E-state index is 5.45. The first-order valence-corrected chi connectivity index (χ1v) is 6.68. The van der Waals surface area contributed by atoms with Gasteiger partial charge in [0.2, 0.25) is 5.96 Å². The molecule has 1 aliphatic carbocycles. The third-order valence-corrected chi connectivity index (χ3v) is 3.12. The molecular formula is C12H26N4O2. The minimum absolute atomic E-state index is 0.361. The van der Waals surface area contributed by atoms with E-state index in [9.17, 15) is 0 Å². The lowest BCUT2D eigenvalue weighted by Crippen LogP contribution is -2.46. The topological polar surface area (TPSA) is 80.9 Å². The van der Waals surface area contributed by atoms with Crippen molar-refractivity contribution in [3.63, 3.8) is 0 Å². The molecule has 0 bridgehead atoms. The molecule has 0 heterocycles. The Labute approximate surface area is 109 Å². The zero-order chi connectivity index (χ0) is 13.2. The maximum atomic E-state index is 5.45. The lowest BCUT2D eigenvalue weighted by Gasteiger charge is -2.15. The number of aliphatic imine (C=N–C) groups is 1. The first-order valence-electron chi connectivity index (χ1n) is 6.68. The molecule has 4 N–H and O–H groups in total. The highest BCUT2D eigenvalue weighted by Crippen LogP contribution is 2.21. The number of nitrogens with two attached hydrogens (primary N) is 1. The Morgan fingerprint density at radius 1 is 1.44 bits per heavy atom. The quantitative estimate of drug-likeness (QED) is 0.202. The summed E-state index contributed by atoms with van der Waals surface area (Å²) in [5.41, 5.74) is 2.61. The minimum Gasteiger partial charge on any atom is -0.382 e. The lowest BCUT2D eigenvalue weighted by atomic mass is 10.2. The van der Waals surface area contributed by atoms with Crippen LogP contribution >= 0.6 is 0 Å². The first kappa shape index (κ1) is 15.2. The van der Waals surface area contributed by atoms with Gasteiger partial charge in [-0.15, -0.1) is 0 Å². The predicted octanol–water partition coefficient (Wildman–Crippen LogP) is 0.389. The fraction of sp³-hybridized carbons (Fsp3) is 0.917. The Balaban J connectivity index is 2.22. The Morgan fingerprint density at radius 3 is 2.89 bits per heavy atom. The number of hydrogen-bond acceptors (Lipinski definition) is 4. The van der Waals surface area contributed by atoms with Gasteiger partial charge in [0.15, 0.2) is 0 Å². The summed E-state index contributed by atoms with van der Waals surface area (Å²) in [5.74, 6) is 6.11. The van der Waals surface area contributed by atoms with Crippen LogP contribution in [-0.4, -0.2) is 45.0 Å². The van der Waals surface area contributed by atoms with Gasteiger partial charge in [0.05, 0.1) is 6.10 Å². The van der Waals surface area contributed by atoms with Crippen LogP contribution in [0.1, 0.15) is 32.6 Å². The second kappa shape index (κ2) is 9.13. The second-order valence-electron chi connectivity index (χ2n) is 4.44. The second-order valence-corrected chi connectivity index (χ2v) is 4.44. The van der Waals surface area contributed by atoms with Crippen LogP contribution in [0.4, 0.5) is 0 Å². The van der Waals surface area contributed by atoms with Gasteiger partial charge in [0, 0.05) is 32.9 Å². The van der Waals surface area contributed by atoms with E-state index in [2.05, 4.69) is 15.7 Å². The minimum atomic E-state index is 0.361. The van der Waals surface area contributed by atoms with Crippen LogP contribution in [0, 0.1) is 0 Å². The Morgan fingerprint density at radius 2 is 2.28 bits per heavy atom. The highest BCUT2D eigenvalue weighted by Gasteiger charge is 2.24. The fourth-order valence-corrected chi connectivity index (χ4v) is 2.11. The van der Waals surface area contributed by atoms with Gasteiger partial charge in [-0.3, -0.25) is 10.4 Å². The van der Waals surface area contributed by atoms with Gasteiger partial charge < -0.3 is 14.8 Å². The maximum Gasteiger partial charge on any atom is 0.205 e. The molecule has 6 heteroatoms. The number of ether oxygens (including phenoxy) is 2. The summed E-state index contributed by atoms with van der Waals surface area (Å²) in [6, 6.07) is 0.400. The van der Waals surface area contributed by atoms with Crippen molar-refractivity contribution in [1.29, 1.82) is 0 Å². The van der Waals surface area contributed by atoms with Crippen LogP contribution in [0.15, 0.2) is 4.99 Å². The number of nitrogens with one attached hydrogen (secondary N) is 2. The van der Waals surface area contributed by atoms with E-state index in [4.69, 9.17) is 15.3 Å². The molecule has 6 nitrogen and oxygen atoms in total. The van der Waals surface area contributed by atoms with Gasteiger partial charge in [-0.25, -0.2) is 5.84 Å². The van der Waals surface area contributed by atoms with E-state index in [0.29, 0.717) is 24.7 Å². The predicted molar refractivity (Wildman–Crippen MR) is 72.3 cm³/mol. The highest BCUT2D eigenvalue weighted by molar-refractivity contribution is 5.79. The van der Waals surface area contributed by atoms with E-state index in [1.54, 1.807) is 7.11 Å². The summed E-state index contributed by atoms with van der Waals surface area (Å²) < 4.78 is 10.6.